The SMILES string of the molecule is C=Cc1nccc(C(=O)O)c1O. The topological polar surface area (TPSA) is 70.4 Å². The first-order chi connectivity index (χ1) is 5.66. The van der Waals surface area contributed by atoms with Gasteiger partial charge in [-0.05, 0) is 12.1 Å². The number of aromatic nitrogens is 1. The number of carboxylic acid groups (broad SMARTS) is 1. The summed E-state index contributed by atoms with van der Waals surface area (Å²) in [6, 6.07) is 1.23. The lowest BCUT2D eigenvalue weighted by atomic mass is 10.2. The summed E-state index contributed by atoms with van der Waals surface area (Å²) >= 11 is 0. The summed E-state index contributed by atoms with van der Waals surface area (Å²) in [7, 11) is 0. The molecule has 0 aliphatic rings. The minimum absolute atomic E-state index is 0.167. The monoisotopic (exact) mass is 165 g/mol. The molecule has 12 heavy (non-hydrogen) atoms. The Morgan fingerprint density at radius 2 is 2.33 bits per heavy atom. The van der Waals surface area contributed by atoms with Gasteiger partial charge >= 0.3 is 5.97 Å². The van der Waals surface area contributed by atoms with Crippen molar-refractivity contribution in [1.29, 1.82) is 0 Å². The Morgan fingerprint density at radius 1 is 1.67 bits per heavy atom. The van der Waals surface area contributed by atoms with Gasteiger partial charge in [-0.1, -0.05) is 6.58 Å². The summed E-state index contributed by atoms with van der Waals surface area (Å²) in [4.78, 5) is 14.2. The van der Waals surface area contributed by atoms with E-state index in [4.69, 9.17) is 5.11 Å². The predicted octanol–water partition coefficient (Wildman–Crippen LogP) is 1.13. The van der Waals surface area contributed by atoms with Crippen LogP contribution in [0.15, 0.2) is 18.8 Å². The Labute approximate surface area is 68.8 Å². The molecule has 0 aromatic carbocycles. The van der Waals surface area contributed by atoms with Crippen molar-refractivity contribution in [2.75, 3.05) is 0 Å². The zero-order valence-corrected chi connectivity index (χ0v) is 6.19. The number of aromatic hydroxyl groups is 1. The van der Waals surface area contributed by atoms with Crippen LogP contribution in [0.3, 0.4) is 0 Å². The van der Waals surface area contributed by atoms with Gasteiger partial charge in [-0.15, -0.1) is 0 Å². The van der Waals surface area contributed by atoms with E-state index in [1.165, 1.54) is 18.3 Å². The van der Waals surface area contributed by atoms with E-state index in [0.717, 1.165) is 0 Å². The number of hydrogen-bond acceptors (Lipinski definition) is 3. The summed E-state index contributed by atoms with van der Waals surface area (Å²) < 4.78 is 0. The molecule has 0 fully saturated rings. The summed E-state index contributed by atoms with van der Waals surface area (Å²) in [5.41, 5.74) is 0.00907. The molecule has 0 amide bonds. The summed E-state index contributed by atoms with van der Waals surface area (Å²) in [5, 5.41) is 17.8. The highest BCUT2D eigenvalue weighted by molar-refractivity contribution is 5.91. The van der Waals surface area contributed by atoms with Crippen molar-refractivity contribution in [2.24, 2.45) is 0 Å². The zero-order chi connectivity index (χ0) is 9.14. The largest absolute Gasteiger partial charge is 0.505 e. The summed E-state index contributed by atoms with van der Waals surface area (Å²) in [5.74, 6) is -1.53. The van der Waals surface area contributed by atoms with Crippen molar-refractivity contribution in [3.8, 4) is 5.75 Å². The Balaban J connectivity index is 3.32. The first-order valence-corrected chi connectivity index (χ1v) is 3.20. The lowest BCUT2D eigenvalue weighted by Crippen LogP contribution is -1.98. The molecule has 1 aromatic heterocycles. The Hall–Kier alpha value is -1.84. The molecule has 0 saturated carbocycles. The standard InChI is InChI=1S/C8H7NO3/c1-2-6-7(10)5(8(11)12)3-4-9-6/h2-4,10H,1H2,(H,11,12). The predicted molar refractivity (Wildman–Crippen MR) is 43.0 cm³/mol. The highest BCUT2D eigenvalue weighted by atomic mass is 16.4. The fourth-order valence-electron chi connectivity index (χ4n) is 0.792. The zero-order valence-electron chi connectivity index (χ0n) is 6.19. The van der Waals surface area contributed by atoms with E-state index in [1.807, 2.05) is 0 Å². The van der Waals surface area contributed by atoms with E-state index < -0.39 is 5.97 Å². The van der Waals surface area contributed by atoms with Gasteiger partial charge in [0.25, 0.3) is 0 Å². The molecule has 0 spiro atoms. The third-order valence-corrected chi connectivity index (χ3v) is 1.38. The van der Waals surface area contributed by atoms with Crippen LogP contribution in [0.5, 0.6) is 5.75 Å². The molecule has 1 heterocycles. The van der Waals surface area contributed by atoms with Crippen LogP contribution in [0, 0.1) is 0 Å². The number of pyridine rings is 1. The fraction of sp³-hybridized carbons (Fsp3) is 0. The van der Waals surface area contributed by atoms with E-state index in [-0.39, 0.29) is 17.0 Å². The molecular formula is C8H7NO3. The Morgan fingerprint density at radius 3 is 2.83 bits per heavy atom. The average molecular weight is 165 g/mol. The summed E-state index contributed by atoms with van der Waals surface area (Å²) in [6.45, 7) is 3.38. The second kappa shape index (κ2) is 3.04. The van der Waals surface area contributed by atoms with E-state index in [2.05, 4.69) is 11.6 Å². The van der Waals surface area contributed by atoms with Gasteiger partial charge in [0.2, 0.25) is 0 Å². The van der Waals surface area contributed by atoms with Gasteiger partial charge < -0.3 is 10.2 Å². The highest BCUT2D eigenvalue weighted by Crippen LogP contribution is 2.20. The number of rotatable bonds is 2. The number of carbonyl (C=O) groups is 1. The van der Waals surface area contributed by atoms with Crippen LogP contribution in [0.1, 0.15) is 16.1 Å². The van der Waals surface area contributed by atoms with Crippen LogP contribution in [-0.4, -0.2) is 21.2 Å². The van der Waals surface area contributed by atoms with Crippen LogP contribution in [0.2, 0.25) is 0 Å². The van der Waals surface area contributed by atoms with Gasteiger partial charge in [0.05, 0.1) is 0 Å². The molecule has 62 valence electrons. The average Bonchev–Trinajstić information content (AvgIpc) is 2.04. The molecule has 2 N–H and O–H groups in total. The molecule has 4 nitrogen and oxygen atoms in total. The Bertz CT molecular complexity index is 333. The first-order valence-electron chi connectivity index (χ1n) is 3.20. The Kier molecular flexibility index (Phi) is 2.09. The van der Waals surface area contributed by atoms with Crippen molar-refractivity contribution in [3.05, 3.63) is 30.1 Å². The third kappa shape index (κ3) is 1.27. The molecule has 1 rings (SSSR count). The molecule has 0 aliphatic carbocycles. The van der Waals surface area contributed by atoms with Crippen LogP contribution in [-0.2, 0) is 0 Å². The third-order valence-electron chi connectivity index (χ3n) is 1.38. The molecule has 0 unspecified atom stereocenters. The van der Waals surface area contributed by atoms with E-state index >= 15 is 0 Å². The maximum Gasteiger partial charge on any atom is 0.339 e. The van der Waals surface area contributed by atoms with Crippen LogP contribution >= 0.6 is 0 Å². The van der Waals surface area contributed by atoms with Crippen molar-refractivity contribution in [1.82, 2.24) is 4.98 Å². The highest BCUT2D eigenvalue weighted by Gasteiger charge is 2.11. The second-order valence-corrected chi connectivity index (χ2v) is 2.10. The molecule has 0 bridgehead atoms. The smallest absolute Gasteiger partial charge is 0.339 e. The van der Waals surface area contributed by atoms with Crippen molar-refractivity contribution in [3.63, 3.8) is 0 Å². The van der Waals surface area contributed by atoms with E-state index in [1.54, 1.807) is 0 Å². The van der Waals surface area contributed by atoms with Crippen molar-refractivity contribution in [2.45, 2.75) is 0 Å². The van der Waals surface area contributed by atoms with E-state index in [0.29, 0.717) is 0 Å². The first kappa shape index (κ1) is 8.26. The summed E-state index contributed by atoms with van der Waals surface area (Å²) in [6.07, 6.45) is 2.60. The minimum atomic E-state index is -1.18. The van der Waals surface area contributed by atoms with Crippen LogP contribution in [0.4, 0.5) is 0 Å². The maximum atomic E-state index is 10.5. The molecule has 0 atom stereocenters. The maximum absolute atomic E-state index is 10.5. The van der Waals surface area contributed by atoms with Gasteiger partial charge in [-0.2, -0.15) is 0 Å². The van der Waals surface area contributed by atoms with Gasteiger partial charge in [-0.3, -0.25) is 4.98 Å². The molecular weight excluding hydrogens is 158 g/mol. The van der Waals surface area contributed by atoms with E-state index in [9.17, 15) is 9.90 Å². The second-order valence-electron chi connectivity index (χ2n) is 2.10. The van der Waals surface area contributed by atoms with Gasteiger partial charge in [0, 0.05) is 6.20 Å². The molecule has 0 aliphatic heterocycles. The quantitative estimate of drug-likeness (QED) is 0.689. The fourth-order valence-corrected chi connectivity index (χ4v) is 0.792. The number of carboxylic acids is 1. The lowest BCUT2D eigenvalue weighted by Gasteiger charge is -2.00. The van der Waals surface area contributed by atoms with Gasteiger partial charge in [0.15, 0.2) is 5.75 Å². The van der Waals surface area contributed by atoms with Crippen molar-refractivity contribution >= 4 is 12.0 Å². The number of hydrogen-bond donors (Lipinski definition) is 2. The molecule has 0 radical (unpaired) electrons. The molecule has 4 heteroatoms. The molecule has 0 saturated heterocycles. The normalized spacial score (nSPS) is 9.33. The minimum Gasteiger partial charge on any atom is -0.505 e. The number of nitrogens with zero attached hydrogens (tertiary/aromatic N) is 1. The van der Waals surface area contributed by atoms with Gasteiger partial charge in [-0.25, -0.2) is 4.79 Å². The molecule has 1 aromatic rings. The van der Waals surface area contributed by atoms with Crippen molar-refractivity contribution < 1.29 is 15.0 Å². The van der Waals surface area contributed by atoms with Crippen LogP contribution < -0.4 is 0 Å². The number of aromatic carboxylic acids is 1. The lowest BCUT2D eigenvalue weighted by molar-refractivity contribution is 0.0693. The van der Waals surface area contributed by atoms with Gasteiger partial charge in [0.1, 0.15) is 11.3 Å². The van der Waals surface area contributed by atoms with Crippen LogP contribution in [0.25, 0.3) is 6.08 Å².